The van der Waals surface area contributed by atoms with Crippen LogP contribution in [0.15, 0.2) is 40.8 Å². The van der Waals surface area contributed by atoms with Crippen LogP contribution in [0, 0.1) is 19.3 Å². The Hall–Kier alpha value is -3.85. The number of furan rings is 1. The van der Waals surface area contributed by atoms with Crippen LogP contribution in [0.25, 0.3) is 0 Å². The minimum Gasteiger partial charge on any atom is -0.481 e. The van der Waals surface area contributed by atoms with Crippen LogP contribution in [0.2, 0.25) is 0 Å². The fourth-order valence-electron chi connectivity index (χ4n) is 3.84. The molecule has 2 heterocycles. The van der Waals surface area contributed by atoms with Crippen LogP contribution >= 0.6 is 0 Å². The quantitative estimate of drug-likeness (QED) is 0.280. The van der Waals surface area contributed by atoms with E-state index in [0.29, 0.717) is 12.7 Å². The maximum absolute atomic E-state index is 10.3. The molecule has 206 valence electrons. The Kier molecular flexibility index (Phi) is 11.8. The average Bonchev–Trinajstić information content (AvgIpc) is 3.49. The molecular weight excluding hydrogens is 498 g/mol. The van der Waals surface area contributed by atoms with Crippen molar-refractivity contribution in [3.63, 3.8) is 0 Å². The maximum Gasteiger partial charge on any atom is 0.336 e. The SMILES string of the molecule is C#CCOc1ccc(CN(Cc2ccc(C)o2)CC2CCCO2)cc1.O=C(O)CC(O)(CC(=O)O)C(=O)O. The molecule has 11 nitrogen and oxygen atoms in total. The molecule has 0 aliphatic carbocycles. The standard InChI is InChI=1S/C21H25NO3.C6H8O7/c1-3-12-23-19-10-7-18(8-11-19)14-22(15-20-5-4-13-24-20)16-21-9-6-17(2)25-21;7-3(8)1-6(13,5(11)12)2-4(9)10/h1,6-11,20H,4-5,12-16H2,2H3;13H,1-2H2,(H,7,8)(H,9,10)(H,11,12). The second-order valence-electron chi connectivity index (χ2n) is 8.93. The lowest BCUT2D eigenvalue weighted by molar-refractivity contribution is -0.170. The fourth-order valence-corrected chi connectivity index (χ4v) is 3.84. The molecule has 0 bridgehead atoms. The minimum atomic E-state index is -2.74. The van der Waals surface area contributed by atoms with Crippen LogP contribution in [0.3, 0.4) is 0 Å². The third-order valence-electron chi connectivity index (χ3n) is 5.60. The van der Waals surface area contributed by atoms with E-state index in [2.05, 4.69) is 29.0 Å². The first kappa shape index (κ1) is 30.4. The van der Waals surface area contributed by atoms with Gasteiger partial charge in [0.15, 0.2) is 5.60 Å². The van der Waals surface area contributed by atoms with Crippen LogP contribution in [0.4, 0.5) is 0 Å². The molecule has 1 aliphatic rings. The second-order valence-corrected chi connectivity index (χ2v) is 8.93. The van der Waals surface area contributed by atoms with Gasteiger partial charge in [-0.3, -0.25) is 14.5 Å². The van der Waals surface area contributed by atoms with Crippen molar-refractivity contribution in [3.05, 3.63) is 53.5 Å². The van der Waals surface area contributed by atoms with Gasteiger partial charge in [-0.1, -0.05) is 18.1 Å². The van der Waals surface area contributed by atoms with Crippen LogP contribution in [-0.2, 0) is 32.2 Å². The van der Waals surface area contributed by atoms with E-state index in [1.165, 1.54) is 5.56 Å². The third-order valence-corrected chi connectivity index (χ3v) is 5.60. The van der Waals surface area contributed by atoms with Gasteiger partial charge in [-0.15, -0.1) is 6.42 Å². The van der Waals surface area contributed by atoms with E-state index in [4.69, 9.17) is 40.7 Å². The number of aliphatic carboxylic acids is 3. The highest BCUT2D eigenvalue weighted by Gasteiger charge is 2.40. The highest BCUT2D eigenvalue weighted by molar-refractivity contribution is 5.88. The predicted octanol–water partition coefficient (Wildman–Crippen LogP) is 2.53. The fraction of sp³-hybridized carbons (Fsp3) is 0.444. The smallest absolute Gasteiger partial charge is 0.336 e. The monoisotopic (exact) mass is 531 g/mol. The molecule has 1 atom stereocenters. The van der Waals surface area contributed by atoms with Crippen LogP contribution in [0.5, 0.6) is 5.75 Å². The zero-order valence-corrected chi connectivity index (χ0v) is 21.2. The van der Waals surface area contributed by atoms with E-state index >= 15 is 0 Å². The summed E-state index contributed by atoms with van der Waals surface area (Å²) in [4.78, 5) is 32.9. The van der Waals surface area contributed by atoms with Gasteiger partial charge in [0.25, 0.3) is 0 Å². The number of rotatable bonds is 13. The van der Waals surface area contributed by atoms with Crippen LogP contribution < -0.4 is 4.74 Å². The number of ether oxygens (including phenoxy) is 2. The first-order valence-electron chi connectivity index (χ1n) is 11.9. The zero-order chi connectivity index (χ0) is 28.1. The van der Waals surface area contributed by atoms with Gasteiger partial charge in [-0.05, 0) is 49.6 Å². The molecule has 1 saturated heterocycles. The molecule has 4 N–H and O–H groups in total. The lowest BCUT2D eigenvalue weighted by Gasteiger charge is -2.24. The van der Waals surface area contributed by atoms with Gasteiger partial charge in [0, 0.05) is 19.7 Å². The average molecular weight is 532 g/mol. The second kappa shape index (κ2) is 14.8. The topological polar surface area (TPSA) is 167 Å². The summed E-state index contributed by atoms with van der Waals surface area (Å²) in [7, 11) is 0. The molecule has 38 heavy (non-hydrogen) atoms. The summed E-state index contributed by atoms with van der Waals surface area (Å²) >= 11 is 0. The van der Waals surface area contributed by atoms with Crippen LogP contribution in [0.1, 0.15) is 42.8 Å². The number of aliphatic hydroxyl groups is 1. The molecule has 1 aliphatic heterocycles. The van der Waals surface area contributed by atoms with Gasteiger partial charge in [0.2, 0.25) is 0 Å². The number of benzene rings is 1. The number of hydrogen-bond acceptors (Lipinski definition) is 8. The molecule has 1 unspecified atom stereocenters. The molecule has 1 fully saturated rings. The number of carbonyl (C=O) groups is 3. The molecule has 0 amide bonds. The Balaban J connectivity index is 0.000000332. The third kappa shape index (κ3) is 10.6. The maximum atomic E-state index is 10.3. The van der Waals surface area contributed by atoms with Crippen molar-refractivity contribution in [2.75, 3.05) is 19.8 Å². The molecule has 3 rings (SSSR count). The van der Waals surface area contributed by atoms with Gasteiger partial charge in [0.1, 0.15) is 23.9 Å². The zero-order valence-electron chi connectivity index (χ0n) is 21.2. The summed E-state index contributed by atoms with van der Waals surface area (Å²) in [6.07, 6.45) is 5.53. The summed E-state index contributed by atoms with van der Waals surface area (Å²) in [5.74, 6) is 0.196. The van der Waals surface area contributed by atoms with E-state index < -0.39 is 36.4 Å². The molecule has 0 radical (unpaired) electrons. The summed E-state index contributed by atoms with van der Waals surface area (Å²) in [6, 6.07) is 12.2. The normalized spacial score (nSPS) is 14.8. The first-order chi connectivity index (χ1) is 18.0. The van der Waals surface area contributed by atoms with Gasteiger partial charge in [-0.2, -0.15) is 0 Å². The van der Waals surface area contributed by atoms with Crippen molar-refractivity contribution < 1.29 is 48.7 Å². The van der Waals surface area contributed by atoms with Gasteiger partial charge < -0.3 is 34.3 Å². The Morgan fingerprint density at radius 1 is 1.08 bits per heavy atom. The number of carboxylic acids is 3. The lowest BCUT2D eigenvalue weighted by atomic mass is 9.96. The Labute approximate surface area is 220 Å². The lowest BCUT2D eigenvalue weighted by Crippen LogP contribution is -2.42. The minimum absolute atomic E-state index is 0.294. The first-order valence-corrected chi connectivity index (χ1v) is 11.9. The van der Waals surface area contributed by atoms with Crippen molar-refractivity contribution in [2.24, 2.45) is 0 Å². The van der Waals surface area contributed by atoms with E-state index in [-0.39, 0.29) is 0 Å². The number of aryl methyl sites for hydroxylation is 1. The largest absolute Gasteiger partial charge is 0.481 e. The molecule has 0 spiro atoms. The molecule has 0 saturated carbocycles. The Morgan fingerprint density at radius 3 is 2.21 bits per heavy atom. The molecule has 2 aromatic rings. The van der Waals surface area contributed by atoms with Crippen LogP contribution in [-0.4, -0.2) is 74.7 Å². The van der Waals surface area contributed by atoms with Gasteiger partial charge >= 0.3 is 17.9 Å². The number of terminal acetylenes is 1. The highest BCUT2D eigenvalue weighted by atomic mass is 16.5. The summed E-state index contributed by atoms with van der Waals surface area (Å²) in [5.41, 5.74) is -1.51. The van der Waals surface area contributed by atoms with Crippen molar-refractivity contribution in [1.29, 1.82) is 0 Å². The number of nitrogens with zero attached hydrogens (tertiary/aromatic N) is 1. The van der Waals surface area contributed by atoms with E-state index in [1.54, 1.807) is 0 Å². The van der Waals surface area contributed by atoms with E-state index in [0.717, 1.165) is 56.4 Å². The van der Waals surface area contributed by atoms with E-state index in [1.807, 2.05) is 25.1 Å². The van der Waals surface area contributed by atoms with E-state index in [9.17, 15) is 14.4 Å². The van der Waals surface area contributed by atoms with Crippen molar-refractivity contribution in [3.8, 4) is 18.1 Å². The molecule has 11 heteroatoms. The van der Waals surface area contributed by atoms with Gasteiger partial charge in [0.05, 0.1) is 25.5 Å². The van der Waals surface area contributed by atoms with Crippen molar-refractivity contribution in [1.82, 2.24) is 4.90 Å². The van der Waals surface area contributed by atoms with Gasteiger partial charge in [-0.25, -0.2) is 4.79 Å². The summed E-state index contributed by atoms with van der Waals surface area (Å²) in [6.45, 7) is 5.68. The predicted molar refractivity (Wildman–Crippen MR) is 134 cm³/mol. The summed E-state index contributed by atoms with van der Waals surface area (Å²) < 4.78 is 17.0. The van der Waals surface area contributed by atoms with Crippen molar-refractivity contribution >= 4 is 17.9 Å². The molecular formula is C27H33NO10. The Morgan fingerprint density at radius 2 is 1.74 bits per heavy atom. The summed E-state index contributed by atoms with van der Waals surface area (Å²) in [5, 5.41) is 33.8. The van der Waals surface area contributed by atoms with Crippen molar-refractivity contribution in [2.45, 2.75) is 57.4 Å². The molecule has 1 aromatic carbocycles. The number of carboxylic acid groups (broad SMARTS) is 3. The molecule has 1 aromatic heterocycles. The Bertz CT molecular complexity index is 1080. The number of hydrogen-bond donors (Lipinski definition) is 4. The highest BCUT2D eigenvalue weighted by Crippen LogP contribution is 2.20.